The van der Waals surface area contributed by atoms with Gasteiger partial charge in [-0.3, -0.25) is 4.79 Å². The Morgan fingerprint density at radius 2 is 1.61 bits per heavy atom. The molecule has 56 heavy (non-hydrogen) atoms. The number of fused-ring (bicyclic) bond motifs is 2. The zero-order valence-electron chi connectivity index (χ0n) is 31.4. The second-order valence-electron chi connectivity index (χ2n) is 17.6. The minimum atomic E-state index is -4.63. The number of aliphatic hydroxyl groups excluding tert-OH is 1. The SMILES string of the molecule is CC12CCC(O)CC13C=CC1(C(C(=O)c4cccc(C(F)(F)F)c4)=C3)C2CCC2(C)C1CCC2(O)CN(Cc1cccc2ccccc12)S(=O)(=O)c1cccs1. The Morgan fingerprint density at radius 1 is 0.893 bits per heavy atom. The lowest BCUT2D eigenvalue weighted by molar-refractivity contribution is -0.173. The second-order valence-corrected chi connectivity index (χ2v) is 20.7. The van der Waals surface area contributed by atoms with Crippen LogP contribution in [0, 0.1) is 33.5 Å². The van der Waals surface area contributed by atoms with Gasteiger partial charge in [-0.1, -0.05) is 92.7 Å². The second kappa shape index (κ2) is 12.7. The molecule has 1 heterocycles. The van der Waals surface area contributed by atoms with Gasteiger partial charge in [-0.2, -0.15) is 17.5 Å². The zero-order chi connectivity index (χ0) is 39.5. The number of rotatable bonds is 8. The van der Waals surface area contributed by atoms with Crippen molar-refractivity contribution in [2.24, 2.45) is 33.5 Å². The summed E-state index contributed by atoms with van der Waals surface area (Å²) >= 11 is 1.13. The van der Waals surface area contributed by atoms with E-state index in [-0.39, 0.29) is 46.5 Å². The maximum atomic E-state index is 14.9. The normalized spacial score (nSPS) is 34.9. The van der Waals surface area contributed by atoms with E-state index < -0.39 is 55.5 Å². The highest BCUT2D eigenvalue weighted by molar-refractivity contribution is 7.91. The minimum absolute atomic E-state index is 0.0421. The molecule has 0 aliphatic heterocycles. The van der Waals surface area contributed by atoms with Crippen molar-refractivity contribution in [3.63, 3.8) is 0 Å². The lowest BCUT2D eigenvalue weighted by atomic mass is 9.32. The van der Waals surface area contributed by atoms with Gasteiger partial charge >= 0.3 is 6.18 Å². The average Bonchev–Trinajstić information content (AvgIpc) is 3.81. The van der Waals surface area contributed by atoms with Crippen LogP contribution in [0.15, 0.2) is 112 Å². The van der Waals surface area contributed by atoms with Gasteiger partial charge in [0.15, 0.2) is 5.78 Å². The first-order valence-corrected chi connectivity index (χ1v) is 21.9. The summed E-state index contributed by atoms with van der Waals surface area (Å²) in [6.45, 7) is 4.16. The molecular weight excluding hydrogens is 756 g/mol. The molecule has 1 aromatic heterocycles. The maximum absolute atomic E-state index is 14.9. The molecule has 0 saturated heterocycles. The Balaban J connectivity index is 1.15. The number of sulfonamides is 1. The van der Waals surface area contributed by atoms with Crippen LogP contribution in [0.4, 0.5) is 13.2 Å². The minimum Gasteiger partial charge on any atom is -0.393 e. The largest absolute Gasteiger partial charge is 0.416 e. The van der Waals surface area contributed by atoms with Gasteiger partial charge in [0, 0.05) is 40.5 Å². The molecular formula is C45H46F3NO5S2. The fourth-order valence-electron chi connectivity index (χ4n) is 12.3. The van der Waals surface area contributed by atoms with Crippen molar-refractivity contribution >= 4 is 37.9 Å². The lowest BCUT2D eigenvalue weighted by Crippen LogP contribution is -2.67. The fraction of sp³-hybridized carbons (Fsp3) is 0.444. The van der Waals surface area contributed by atoms with Crippen LogP contribution >= 0.6 is 11.3 Å². The third-order valence-corrected chi connectivity index (χ3v) is 18.3. The third kappa shape index (κ3) is 5.29. The number of aliphatic hydroxyl groups is 2. The Labute approximate surface area is 329 Å². The van der Waals surface area contributed by atoms with Crippen molar-refractivity contribution in [1.82, 2.24) is 4.31 Å². The molecule has 2 spiro atoms. The Bertz CT molecular complexity index is 2410. The number of benzene rings is 3. The quantitative estimate of drug-likeness (QED) is 0.137. The van der Waals surface area contributed by atoms with Crippen molar-refractivity contribution in [3.05, 3.63) is 125 Å². The van der Waals surface area contributed by atoms with Gasteiger partial charge in [0.1, 0.15) is 4.21 Å². The molecule has 8 atom stereocenters. The molecule has 2 N–H and O–H groups in total. The van der Waals surface area contributed by atoms with E-state index >= 15 is 0 Å². The van der Waals surface area contributed by atoms with Crippen molar-refractivity contribution in [3.8, 4) is 0 Å². The smallest absolute Gasteiger partial charge is 0.393 e. The molecule has 3 fully saturated rings. The van der Waals surface area contributed by atoms with Crippen LogP contribution in [0.1, 0.15) is 80.3 Å². The Kier molecular flexibility index (Phi) is 8.60. The average molecular weight is 802 g/mol. The van der Waals surface area contributed by atoms with Crippen LogP contribution in [0.3, 0.4) is 0 Å². The van der Waals surface area contributed by atoms with Gasteiger partial charge in [-0.15, -0.1) is 11.3 Å². The molecule has 11 heteroatoms. The fourth-order valence-corrected chi connectivity index (χ4v) is 14.9. The predicted octanol–water partition coefficient (Wildman–Crippen LogP) is 9.58. The number of alkyl halides is 3. The molecule has 0 amide bonds. The van der Waals surface area contributed by atoms with Gasteiger partial charge in [0.05, 0.1) is 17.3 Å². The van der Waals surface area contributed by atoms with Gasteiger partial charge in [0.25, 0.3) is 10.0 Å². The number of carbonyl (C=O) groups is 1. The topological polar surface area (TPSA) is 94.9 Å². The zero-order valence-corrected chi connectivity index (χ0v) is 33.1. The van der Waals surface area contributed by atoms with Crippen molar-refractivity contribution in [2.45, 2.75) is 87.4 Å². The van der Waals surface area contributed by atoms with Crippen LogP contribution < -0.4 is 0 Å². The summed E-state index contributed by atoms with van der Waals surface area (Å²) in [6, 6.07) is 21.5. The van der Waals surface area contributed by atoms with E-state index in [1.54, 1.807) is 17.5 Å². The van der Waals surface area contributed by atoms with Crippen molar-refractivity contribution < 1.29 is 36.6 Å². The number of halogens is 3. The molecule has 0 radical (unpaired) electrons. The Hall–Kier alpha value is -3.61. The summed E-state index contributed by atoms with van der Waals surface area (Å²) in [5, 5.41) is 27.8. The van der Waals surface area contributed by atoms with Crippen LogP contribution in [-0.2, 0) is 22.7 Å². The number of ketones is 1. The highest BCUT2D eigenvalue weighted by Gasteiger charge is 2.74. The molecule has 6 aliphatic carbocycles. The van der Waals surface area contributed by atoms with E-state index in [1.807, 2.05) is 55.5 Å². The number of carbonyl (C=O) groups excluding carboxylic acids is 1. The molecule has 2 bridgehead atoms. The van der Waals surface area contributed by atoms with E-state index in [9.17, 15) is 36.6 Å². The lowest BCUT2D eigenvalue weighted by Gasteiger charge is -2.71. The first-order chi connectivity index (χ1) is 26.5. The summed E-state index contributed by atoms with van der Waals surface area (Å²) in [4.78, 5) is 14.9. The summed E-state index contributed by atoms with van der Waals surface area (Å²) in [6.07, 6.45) is 4.76. The highest BCUT2D eigenvalue weighted by Crippen LogP contribution is 2.78. The van der Waals surface area contributed by atoms with Crippen LogP contribution in [0.5, 0.6) is 0 Å². The molecule has 3 aromatic carbocycles. The number of thiophene rings is 1. The summed E-state index contributed by atoms with van der Waals surface area (Å²) in [7, 11) is -4.06. The van der Waals surface area contributed by atoms with Crippen LogP contribution in [-0.4, -0.2) is 47.0 Å². The monoisotopic (exact) mass is 801 g/mol. The first-order valence-electron chi connectivity index (χ1n) is 19.5. The third-order valence-electron chi connectivity index (χ3n) is 15.2. The van der Waals surface area contributed by atoms with E-state index in [0.29, 0.717) is 37.7 Å². The van der Waals surface area contributed by atoms with Crippen molar-refractivity contribution in [2.75, 3.05) is 6.54 Å². The number of hydrogen-bond donors (Lipinski definition) is 2. The van der Waals surface area contributed by atoms with E-state index in [2.05, 4.69) is 19.1 Å². The van der Waals surface area contributed by atoms with E-state index in [0.717, 1.165) is 46.2 Å². The molecule has 294 valence electrons. The first kappa shape index (κ1) is 37.9. The van der Waals surface area contributed by atoms with Gasteiger partial charge < -0.3 is 10.2 Å². The summed E-state index contributed by atoms with van der Waals surface area (Å²) in [5.74, 6) is -0.865. The van der Waals surface area contributed by atoms with Gasteiger partial charge in [0.2, 0.25) is 0 Å². The van der Waals surface area contributed by atoms with Gasteiger partial charge in [-0.05, 0) is 102 Å². The molecule has 4 aromatic rings. The van der Waals surface area contributed by atoms with E-state index in [4.69, 9.17) is 0 Å². The van der Waals surface area contributed by atoms with Crippen LogP contribution in [0.2, 0.25) is 0 Å². The van der Waals surface area contributed by atoms with Crippen molar-refractivity contribution in [1.29, 1.82) is 0 Å². The predicted molar refractivity (Wildman–Crippen MR) is 210 cm³/mol. The van der Waals surface area contributed by atoms with Gasteiger partial charge in [-0.25, -0.2) is 8.42 Å². The summed E-state index contributed by atoms with van der Waals surface area (Å²) in [5.41, 5.74) is -3.97. The number of allylic oxidation sites excluding steroid dienone is 4. The molecule has 6 nitrogen and oxygen atoms in total. The standard InChI is InChI=1S/C45H46F3NO5S2/c1-40-18-15-33(50)25-42(40)21-22-44(35(26-42)39(51)30-10-6-12-32(24-30)45(46,47)48)36(40)16-19-41(2)37(44)17-20-43(41,52)28-49(56(53,54)38-14-7-23-55-38)27-31-11-5-9-29-8-3-4-13-34(29)31/h3-14,21-24,26,33,36-37,50,52H,15-20,25,27-28H2,1-2H3. The molecule has 8 unspecified atom stereocenters. The molecule has 3 saturated carbocycles. The molecule has 10 rings (SSSR count). The van der Waals surface area contributed by atoms with E-state index in [1.165, 1.54) is 16.4 Å². The highest BCUT2D eigenvalue weighted by atomic mass is 32.2. The number of nitrogens with zero attached hydrogens (tertiary/aromatic N) is 1. The van der Waals surface area contributed by atoms with Crippen LogP contribution in [0.25, 0.3) is 10.8 Å². The number of Topliss-reactive ketones (excluding diaryl/α,β-unsaturated/α-hetero) is 1. The molecule has 6 aliphatic rings. The Morgan fingerprint density at radius 3 is 2.38 bits per heavy atom. The summed E-state index contributed by atoms with van der Waals surface area (Å²) < 4.78 is 72.6. The maximum Gasteiger partial charge on any atom is 0.416 e. The number of hydrogen-bond acceptors (Lipinski definition) is 6.